The van der Waals surface area contributed by atoms with Crippen LogP contribution in [-0.2, 0) is 9.53 Å². The number of ketones is 1. The van der Waals surface area contributed by atoms with Crippen LogP contribution in [0, 0.1) is 0 Å². The zero-order valence-electron chi connectivity index (χ0n) is 11.0. The normalized spacial score (nSPS) is 24.9. The van der Waals surface area contributed by atoms with E-state index in [1.54, 1.807) is 0 Å². The first-order valence-corrected chi connectivity index (χ1v) is 6.81. The first-order valence-electron chi connectivity index (χ1n) is 6.81. The minimum atomic E-state index is -0.361. The highest BCUT2D eigenvalue weighted by Crippen LogP contribution is 2.29. The predicted molar refractivity (Wildman–Crippen MR) is 67.8 cm³/mol. The molecule has 0 N–H and O–H groups in total. The summed E-state index contributed by atoms with van der Waals surface area (Å²) in [6, 6.07) is 0. The number of ether oxygens (including phenoxy) is 1. The molecular weight excluding hydrogens is 214 g/mol. The Bertz CT molecular complexity index is 318. The van der Waals surface area contributed by atoms with E-state index < -0.39 is 0 Å². The molecule has 1 unspecified atom stereocenters. The van der Waals surface area contributed by atoms with Crippen LogP contribution >= 0.6 is 0 Å². The highest BCUT2D eigenvalue weighted by molar-refractivity contribution is 6.00. The van der Waals surface area contributed by atoms with E-state index in [1.165, 1.54) is 12.8 Å². The average molecular weight is 237 g/mol. The van der Waals surface area contributed by atoms with Gasteiger partial charge in [-0.15, -0.1) is 0 Å². The molecule has 2 heterocycles. The molecule has 96 valence electrons. The molecule has 0 aromatic rings. The summed E-state index contributed by atoms with van der Waals surface area (Å²) in [5.74, 6) is 0.786. The van der Waals surface area contributed by atoms with E-state index in [9.17, 15) is 4.79 Å². The number of likely N-dealkylation sites (tertiary alicyclic amines) is 1. The minimum Gasteiger partial charge on any atom is -0.490 e. The molecule has 2 aliphatic heterocycles. The van der Waals surface area contributed by atoms with E-state index >= 15 is 0 Å². The maximum atomic E-state index is 12.6. The minimum absolute atomic E-state index is 0.182. The Morgan fingerprint density at radius 2 is 2.12 bits per heavy atom. The van der Waals surface area contributed by atoms with E-state index in [2.05, 4.69) is 18.7 Å². The van der Waals surface area contributed by atoms with E-state index in [-0.39, 0.29) is 11.3 Å². The first kappa shape index (κ1) is 12.6. The fourth-order valence-electron chi connectivity index (χ4n) is 2.72. The number of hydrogen-bond donors (Lipinski definition) is 0. The lowest BCUT2D eigenvalue weighted by molar-refractivity contribution is -0.130. The van der Waals surface area contributed by atoms with Crippen molar-refractivity contribution in [2.24, 2.45) is 0 Å². The van der Waals surface area contributed by atoms with Crippen molar-refractivity contribution in [2.75, 3.05) is 19.7 Å². The van der Waals surface area contributed by atoms with Crippen LogP contribution in [-0.4, -0.2) is 35.9 Å². The number of allylic oxidation sites excluding steroid dienone is 1. The van der Waals surface area contributed by atoms with Gasteiger partial charge in [0.1, 0.15) is 0 Å². The fourth-order valence-corrected chi connectivity index (χ4v) is 2.72. The van der Waals surface area contributed by atoms with Crippen LogP contribution in [0.25, 0.3) is 0 Å². The van der Waals surface area contributed by atoms with Crippen molar-refractivity contribution >= 4 is 5.78 Å². The molecular formula is C14H23NO2. The Labute approximate surface area is 104 Å². The second-order valence-electron chi connectivity index (χ2n) is 5.21. The summed E-state index contributed by atoms with van der Waals surface area (Å²) in [6.07, 6.45) is 7.25. The van der Waals surface area contributed by atoms with Crippen molar-refractivity contribution < 1.29 is 9.53 Å². The SMILES string of the molecule is CCC(C)(C(=O)C1=CCCCO1)N1CCCC1. The summed E-state index contributed by atoms with van der Waals surface area (Å²) >= 11 is 0. The molecule has 0 saturated carbocycles. The number of carbonyl (C=O) groups excluding carboxylic acids is 1. The van der Waals surface area contributed by atoms with E-state index in [1.807, 2.05) is 6.08 Å². The maximum Gasteiger partial charge on any atom is 0.216 e. The predicted octanol–water partition coefficient (Wildman–Crippen LogP) is 2.51. The number of Topliss-reactive ketones (excluding diaryl/α,β-unsaturated/α-hetero) is 1. The Morgan fingerprint density at radius 1 is 1.41 bits per heavy atom. The van der Waals surface area contributed by atoms with Crippen LogP contribution in [0.2, 0.25) is 0 Å². The molecule has 17 heavy (non-hydrogen) atoms. The Morgan fingerprint density at radius 3 is 2.65 bits per heavy atom. The summed E-state index contributed by atoms with van der Waals surface area (Å²) in [5, 5.41) is 0. The lowest BCUT2D eigenvalue weighted by Gasteiger charge is -2.37. The second kappa shape index (κ2) is 5.21. The summed E-state index contributed by atoms with van der Waals surface area (Å²) in [7, 11) is 0. The number of carbonyl (C=O) groups is 1. The zero-order chi connectivity index (χ0) is 12.3. The molecule has 1 atom stereocenters. The van der Waals surface area contributed by atoms with Gasteiger partial charge in [0.15, 0.2) is 5.76 Å². The molecule has 3 heteroatoms. The lowest BCUT2D eigenvalue weighted by Crippen LogP contribution is -2.51. The quantitative estimate of drug-likeness (QED) is 0.752. The first-order chi connectivity index (χ1) is 8.18. The summed E-state index contributed by atoms with van der Waals surface area (Å²) < 4.78 is 5.53. The molecule has 0 aromatic heterocycles. The van der Waals surface area contributed by atoms with Crippen LogP contribution in [0.4, 0.5) is 0 Å². The van der Waals surface area contributed by atoms with Crippen LogP contribution in [0.3, 0.4) is 0 Å². The number of nitrogens with zero attached hydrogens (tertiary/aromatic N) is 1. The molecule has 0 spiro atoms. The van der Waals surface area contributed by atoms with Crippen LogP contribution in [0.15, 0.2) is 11.8 Å². The van der Waals surface area contributed by atoms with E-state index in [0.29, 0.717) is 12.4 Å². The third kappa shape index (κ3) is 2.39. The zero-order valence-corrected chi connectivity index (χ0v) is 11.0. The molecule has 2 rings (SSSR count). The smallest absolute Gasteiger partial charge is 0.216 e. The monoisotopic (exact) mass is 237 g/mol. The topological polar surface area (TPSA) is 29.5 Å². The fraction of sp³-hybridized carbons (Fsp3) is 0.786. The van der Waals surface area contributed by atoms with E-state index in [0.717, 1.165) is 32.4 Å². The van der Waals surface area contributed by atoms with Gasteiger partial charge in [0.05, 0.1) is 12.1 Å². The van der Waals surface area contributed by atoms with Crippen molar-refractivity contribution in [3.8, 4) is 0 Å². The third-order valence-corrected chi connectivity index (χ3v) is 4.14. The van der Waals surface area contributed by atoms with Gasteiger partial charge in [0.2, 0.25) is 5.78 Å². The van der Waals surface area contributed by atoms with Gasteiger partial charge < -0.3 is 4.74 Å². The van der Waals surface area contributed by atoms with Gasteiger partial charge >= 0.3 is 0 Å². The van der Waals surface area contributed by atoms with Crippen LogP contribution < -0.4 is 0 Å². The van der Waals surface area contributed by atoms with Crippen molar-refractivity contribution in [2.45, 2.75) is 51.5 Å². The van der Waals surface area contributed by atoms with Gasteiger partial charge in [-0.3, -0.25) is 9.69 Å². The summed E-state index contributed by atoms with van der Waals surface area (Å²) in [6.45, 7) is 6.95. The van der Waals surface area contributed by atoms with Crippen LogP contribution in [0.1, 0.15) is 46.0 Å². The Balaban J connectivity index is 2.15. The lowest BCUT2D eigenvalue weighted by atomic mass is 9.89. The number of hydrogen-bond acceptors (Lipinski definition) is 3. The average Bonchev–Trinajstić information content (AvgIpc) is 2.92. The Kier molecular flexibility index (Phi) is 3.87. The van der Waals surface area contributed by atoms with Crippen molar-refractivity contribution in [1.29, 1.82) is 0 Å². The van der Waals surface area contributed by atoms with Gasteiger partial charge in [0, 0.05) is 0 Å². The van der Waals surface area contributed by atoms with Gasteiger partial charge in [-0.1, -0.05) is 6.92 Å². The molecule has 1 fully saturated rings. The van der Waals surface area contributed by atoms with Crippen molar-refractivity contribution in [1.82, 2.24) is 4.90 Å². The molecule has 0 aromatic carbocycles. The number of rotatable bonds is 4. The van der Waals surface area contributed by atoms with Crippen molar-refractivity contribution in [3.05, 3.63) is 11.8 Å². The molecule has 2 aliphatic rings. The third-order valence-electron chi connectivity index (χ3n) is 4.14. The Hall–Kier alpha value is -0.830. The molecule has 3 nitrogen and oxygen atoms in total. The molecule has 1 saturated heterocycles. The van der Waals surface area contributed by atoms with Gasteiger partial charge in [-0.2, -0.15) is 0 Å². The molecule has 0 aliphatic carbocycles. The molecule has 0 radical (unpaired) electrons. The molecule has 0 bridgehead atoms. The standard InChI is InChI=1S/C14H23NO2/c1-3-14(2,15-9-5-6-10-15)13(16)12-8-4-7-11-17-12/h8H,3-7,9-11H2,1-2H3. The highest BCUT2D eigenvalue weighted by Gasteiger charge is 2.41. The van der Waals surface area contributed by atoms with E-state index in [4.69, 9.17) is 4.74 Å². The largest absolute Gasteiger partial charge is 0.490 e. The second-order valence-corrected chi connectivity index (χ2v) is 5.21. The summed E-state index contributed by atoms with van der Waals surface area (Å²) in [4.78, 5) is 14.9. The van der Waals surface area contributed by atoms with Gasteiger partial charge in [0.25, 0.3) is 0 Å². The van der Waals surface area contributed by atoms with Gasteiger partial charge in [-0.25, -0.2) is 0 Å². The molecule has 0 amide bonds. The van der Waals surface area contributed by atoms with Crippen LogP contribution in [0.5, 0.6) is 0 Å². The highest BCUT2D eigenvalue weighted by atomic mass is 16.5. The van der Waals surface area contributed by atoms with Gasteiger partial charge in [-0.05, 0) is 58.2 Å². The van der Waals surface area contributed by atoms with Crippen molar-refractivity contribution in [3.63, 3.8) is 0 Å². The summed E-state index contributed by atoms with van der Waals surface area (Å²) in [5.41, 5.74) is -0.361. The maximum absolute atomic E-state index is 12.6.